The number of aromatic nitrogens is 1. The van der Waals surface area contributed by atoms with Gasteiger partial charge in [0.15, 0.2) is 0 Å². The second-order valence-electron chi connectivity index (χ2n) is 7.47. The van der Waals surface area contributed by atoms with Crippen LogP contribution in [0.15, 0.2) is 41.1 Å². The van der Waals surface area contributed by atoms with Crippen molar-refractivity contribution in [3.8, 4) is 11.1 Å². The van der Waals surface area contributed by atoms with Gasteiger partial charge in [0.05, 0.1) is 0 Å². The van der Waals surface area contributed by atoms with E-state index in [0.717, 1.165) is 38.4 Å². The van der Waals surface area contributed by atoms with Crippen molar-refractivity contribution in [2.24, 2.45) is 0 Å². The van der Waals surface area contributed by atoms with Crippen molar-refractivity contribution in [3.05, 3.63) is 46.8 Å². The van der Waals surface area contributed by atoms with E-state index < -0.39 is 11.9 Å². The van der Waals surface area contributed by atoms with Crippen LogP contribution in [0.1, 0.15) is 31.9 Å². The van der Waals surface area contributed by atoms with Gasteiger partial charge in [-0.2, -0.15) is 11.3 Å². The molecule has 1 aliphatic rings. The highest BCUT2D eigenvalue weighted by Crippen LogP contribution is 2.27. The quantitative estimate of drug-likeness (QED) is 0.468. The lowest BCUT2D eigenvalue weighted by Crippen LogP contribution is -2.44. The Hall–Kier alpha value is -2.71. The van der Waals surface area contributed by atoms with Crippen LogP contribution in [0.2, 0.25) is 0 Å². The van der Waals surface area contributed by atoms with Gasteiger partial charge in [0.25, 0.3) is 0 Å². The van der Waals surface area contributed by atoms with Crippen LogP contribution in [0, 0.1) is 0 Å². The third kappa shape index (κ3) is 8.90. The summed E-state index contributed by atoms with van der Waals surface area (Å²) in [5, 5.41) is 20.0. The van der Waals surface area contributed by atoms with Gasteiger partial charge in [0.2, 0.25) is 0 Å². The first-order valence-electron chi connectivity index (χ1n) is 10.5. The number of hydrogen-bond acceptors (Lipinski definition) is 6. The van der Waals surface area contributed by atoms with Crippen molar-refractivity contribution < 1.29 is 19.8 Å². The minimum atomic E-state index is -1.26. The number of carboxylic acids is 2. The van der Waals surface area contributed by atoms with Crippen LogP contribution in [0.3, 0.4) is 0 Å². The summed E-state index contributed by atoms with van der Waals surface area (Å²) < 4.78 is 0. The van der Waals surface area contributed by atoms with E-state index in [0.29, 0.717) is 12.2 Å². The zero-order valence-electron chi connectivity index (χ0n) is 18.2. The van der Waals surface area contributed by atoms with Crippen LogP contribution in [0.25, 0.3) is 11.1 Å². The van der Waals surface area contributed by atoms with Gasteiger partial charge in [-0.1, -0.05) is 19.8 Å². The van der Waals surface area contributed by atoms with Gasteiger partial charge in [0, 0.05) is 44.0 Å². The average molecular weight is 446 g/mol. The zero-order chi connectivity index (χ0) is 22.6. The van der Waals surface area contributed by atoms with Gasteiger partial charge < -0.3 is 20.0 Å². The highest BCUT2D eigenvalue weighted by molar-refractivity contribution is 7.08. The fourth-order valence-corrected chi connectivity index (χ4v) is 3.86. The summed E-state index contributed by atoms with van der Waals surface area (Å²) >= 11 is 1.76. The lowest BCUT2D eigenvalue weighted by Gasteiger charge is -2.33. The maximum absolute atomic E-state index is 9.55. The molecule has 168 valence electrons. The van der Waals surface area contributed by atoms with Crippen molar-refractivity contribution in [2.45, 2.75) is 32.6 Å². The number of aliphatic carboxylic acids is 2. The number of carboxylic acid groups (broad SMARTS) is 2. The topological polar surface area (TPSA) is 94.0 Å². The first-order valence-corrected chi connectivity index (χ1v) is 11.4. The molecule has 0 bridgehead atoms. The van der Waals surface area contributed by atoms with Crippen LogP contribution in [-0.2, 0) is 16.0 Å². The Balaban J connectivity index is 0.000000366. The second-order valence-corrected chi connectivity index (χ2v) is 8.25. The van der Waals surface area contributed by atoms with Gasteiger partial charge in [-0.3, -0.25) is 0 Å². The number of piperazine rings is 1. The fraction of sp³-hybridized carbons (Fsp3) is 0.435. The summed E-state index contributed by atoms with van der Waals surface area (Å²) in [6, 6.07) is 6.78. The molecule has 8 heteroatoms. The maximum Gasteiger partial charge on any atom is 0.328 e. The van der Waals surface area contributed by atoms with Crippen molar-refractivity contribution in [3.63, 3.8) is 0 Å². The fourth-order valence-electron chi connectivity index (χ4n) is 3.19. The summed E-state index contributed by atoms with van der Waals surface area (Å²) in [6.45, 7) is 6.64. The Morgan fingerprint density at radius 1 is 1.06 bits per heavy atom. The van der Waals surface area contributed by atoms with E-state index in [1.165, 1.54) is 36.1 Å². The minimum Gasteiger partial charge on any atom is -0.478 e. The van der Waals surface area contributed by atoms with Crippen molar-refractivity contribution in [1.29, 1.82) is 0 Å². The smallest absolute Gasteiger partial charge is 0.328 e. The number of unbranched alkanes of at least 4 members (excludes halogenated alkanes) is 2. The molecule has 0 atom stereocenters. The molecule has 0 amide bonds. The van der Waals surface area contributed by atoms with E-state index in [1.807, 2.05) is 0 Å². The molecule has 0 aromatic carbocycles. The summed E-state index contributed by atoms with van der Waals surface area (Å²) in [5.41, 5.74) is 3.89. The van der Waals surface area contributed by atoms with E-state index in [1.54, 1.807) is 11.3 Å². The molecular weight excluding hydrogens is 414 g/mol. The number of rotatable bonds is 8. The third-order valence-electron chi connectivity index (χ3n) is 4.95. The number of carbonyl (C=O) groups is 2. The summed E-state index contributed by atoms with van der Waals surface area (Å²) in [7, 11) is 2.20. The van der Waals surface area contributed by atoms with Crippen LogP contribution in [0.4, 0.5) is 5.82 Å². The van der Waals surface area contributed by atoms with E-state index in [2.05, 4.69) is 52.7 Å². The Kier molecular flexibility index (Phi) is 10.2. The van der Waals surface area contributed by atoms with Crippen molar-refractivity contribution >= 4 is 29.1 Å². The minimum absolute atomic E-state index is 0.558. The molecule has 2 N–H and O–H groups in total. The highest BCUT2D eigenvalue weighted by Gasteiger charge is 2.17. The molecule has 7 nitrogen and oxygen atoms in total. The van der Waals surface area contributed by atoms with Gasteiger partial charge in [0.1, 0.15) is 5.82 Å². The average Bonchev–Trinajstić information content (AvgIpc) is 3.28. The van der Waals surface area contributed by atoms with E-state index in [9.17, 15) is 9.59 Å². The first kappa shape index (κ1) is 24.6. The monoisotopic (exact) mass is 445 g/mol. The molecule has 0 saturated carbocycles. The number of hydrogen-bond donors (Lipinski definition) is 2. The summed E-state index contributed by atoms with van der Waals surface area (Å²) in [6.07, 6.45) is 5.99. The molecule has 2 aromatic rings. The molecular formula is C23H31N3O4S. The number of pyridine rings is 1. The molecule has 3 heterocycles. The van der Waals surface area contributed by atoms with Crippen molar-refractivity contribution in [1.82, 2.24) is 9.88 Å². The lowest BCUT2D eigenvalue weighted by atomic mass is 10.1. The van der Waals surface area contributed by atoms with Crippen LogP contribution < -0.4 is 4.90 Å². The Morgan fingerprint density at radius 2 is 1.74 bits per heavy atom. The maximum atomic E-state index is 9.55. The first-order chi connectivity index (χ1) is 14.9. The molecule has 1 fully saturated rings. The van der Waals surface area contributed by atoms with E-state index in [-0.39, 0.29) is 0 Å². The van der Waals surface area contributed by atoms with Gasteiger partial charge in [-0.15, -0.1) is 0 Å². The molecule has 0 aliphatic carbocycles. The third-order valence-corrected chi connectivity index (χ3v) is 5.63. The number of anilines is 1. The Bertz CT molecular complexity index is 844. The summed E-state index contributed by atoms with van der Waals surface area (Å²) in [5.74, 6) is -1.35. The van der Waals surface area contributed by atoms with Crippen molar-refractivity contribution in [2.75, 3.05) is 38.1 Å². The summed E-state index contributed by atoms with van der Waals surface area (Å²) in [4.78, 5) is 28.9. The molecule has 31 heavy (non-hydrogen) atoms. The molecule has 0 unspecified atom stereocenters. The molecule has 0 radical (unpaired) electrons. The van der Waals surface area contributed by atoms with Crippen LogP contribution >= 0.6 is 11.3 Å². The van der Waals surface area contributed by atoms with Crippen LogP contribution in [0.5, 0.6) is 0 Å². The van der Waals surface area contributed by atoms with Crippen LogP contribution in [-0.4, -0.2) is 65.3 Å². The Labute approximate surface area is 187 Å². The number of thiophene rings is 1. The SMILES string of the molecule is CCCCCc1cc(-c2ccsc2)cc(N2CCN(C)CC2)n1.O=C(O)C=CC(=O)O. The van der Waals surface area contributed by atoms with E-state index >= 15 is 0 Å². The zero-order valence-corrected chi connectivity index (χ0v) is 19.0. The number of likely N-dealkylation sites (N-methyl/N-ethyl adjacent to an activating group) is 1. The van der Waals surface area contributed by atoms with Gasteiger partial charge >= 0.3 is 11.9 Å². The number of aryl methyl sites for hydroxylation is 1. The molecule has 3 rings (SSSR count). The van der Waals surface area contributed by atoms with E-state index in [4.69, 9.17) is 15.2 Å². The Morgan fingerprint density at radius 3 is 2.29 bits per heavy atom. The lowest BCUT2D eigenvalue weighted by molar-refractivity contribution is -0.134. The standard InChI is InChI=1S/C19H27N3S.C4H4O4/c1-3-4-5-6-18-13-17(16-7-12-23-15-16)14-19(20-18)22-10-8-21(2)9-11-22;5-3(6)1-2-4(7)8/h7,12-15H,3-6,8-11H2,1-2H3;1-2H,(H,5,6)(H,7,8). The predicted octanol–water partition coefficient (Wildman–Crippen LogP) is 4.01. The molecule has 2 aromatic heterocycles. The predicted molar refractivity (Wildman–Crippen MR) is 125 cm³/mol. The molecule has 0 spiro atoms. The normalized spacial score (nSPS) is 14.3. The largest absolute Gasteiger partial charge is 0.478 e. The van der Waals surface area contributed by atoms with Gasteiger partial charge in [-0.25, -0.2) is 14.6 Å². The molecule has 1 aliphatic heterocycles. The second kappa shape index (κ2) is 12.9. The number of nitrogens with zero attached hydrogens (tertiary/aromatic N) is 3. The highest BCUT2D eigenvalue weighted by atomic mass is 32.1. The molecule has 1 saturated heterocycles. The van der Waals surface area contributed by atoms with Gasteiger partial charge in [-0.05, 0) is 60.0 Å².